The number of hydrogen-bond acceptors (Lipinski definition) is 6. The molecule has 1 aliphatic heterocycles. The first kappa shape index (κ1) is 24.5. The third-order valence-corrected chi connectivity index (χ3v) is 6.37. The predicted molar refractivity (Wildman–Crippen MR) is 127 cm³/mol. The van der Waals surface area contributed by atoms with Crippen molar-refractivity contribution in [2.45, 2.75) is 31.3 Å². The van der Waals surface area contributed by atoms with Crippen molar-refractivity contribution in [3.63, 3.8) is 0 Å². The van der Waals surface area contributed by atoms with Crippen LogP contribution in [0.5, 0.6) is 5.75 Å². The van der Waals surface area contributed by atoms with Gasteiger partial charge in [-0.05, 0) is 37.1 Å². The van der Waals surface area contributed by atoms with E-state index in [1.807, 2.05) is 30.3 Å². The summed E-state index contributed by atoms with van der Waals surface area (Å²) >= 11 is 0. The standard InChI is InChI=1S/C25H22F3N5O4/c26-25(27,28)37-18-8-6-17(7-9-18)22(34)32-12-10-24(36,11-13-32)15-33-21(16-4-2-1-3-5-16)30-20-19(23(33)35)14-29-31-20/h1-9,14,36H,10-13,15H2,(H,29,31). The Morgan fingerprint density at radius 1 is 1.08 bits per heavy atom. The Morgan fingerprint density at radius 3 is 2.41 bits per heavy atom. The van der Waals surface area contributed by atoms with Gasteiger partial charge in [0.25, 0.3) is 11.5 Å². The van der Waals surface area contributed by atoms with Crippen LogP contribution in [0.4, 0.5) is 13.2 Å². The highest BCUT2D eigenvalue weighted by atomic mass is 19.4. The summed E-state index contributed by atoms with van der Waals surface area (Å²) < 4.78 is 42.4. The van der Waals surface area contributed by atoms with Crippen LogP contribution >= 0.6 is 0 Å². The van der Waals surface area contributed by atoms with Gasteiger partial charge in [0.1, 0.15) is 17.0 Å². The maximum atomic E-state index is 13.3. The summed E-state index contributed by atoms with van der Waals surface area (Å²) in [5.41, 5.74) is -0.375. The van der Waals surface area contributed by atoms with Crippen LogP contribution in [-0.4, -0.2) is 60.7 Å². The normalized spacial score (nSPS) is 15.6. The number of carbonyl (C=O) groups is 1. The van der Waals surface area contributed by atoms with Crippen LogP contribution in [0.2, 0.25) is 0 Å². The van der Waals surface area contributed by atoms with Crippen LogP contribution in [0.25, 0.3) is 22.4 Å². The van der Waals surface area contributed by atoms with E-state index in [9.17, 15) is 27.9 Å². The smallest absolute Gasteiger partial charge is 0.406 e. The van der Waals surface area contributed by atoms with Crippen molar-refractivity contribution in [2.24, 2.45) is 0 Å². The number of hydrogen-bond donors (Lipinski definition) is 2. The molecule has 9 nitrogen and oxygen atoms in total. The van der Waals surface area contributed by atoms with E-state index in [4.69, 9.17) is 0 Å². The molecule has 0 atom stereocenters. The number of halogens is 3. The maximum absolute atomic E-state index is 13.3. The summed E-state index contributed by atoms with van der Waals surface area (Å²) in [5, 5.41) is 18.3. The first-order valence-electron chi connectivity index (χ1n) is 11.5. The molecule has 0 bridgehead atoms. The lowest BCUT2D eigenvalue weighted by atomic mass is 9.90. The number of benzene rings is 2. The Morgan fingerprint density at radius 2 is 1.76 bits per heavy atom. The molecule has 192 valence electrons. The Labute approximate surface area is 208 Å². The summed E-state index contributed by atoms with van der Waals surface area (Å²) in [6.45, 7) is 0.371. The molecule has 12 heteroatoms. The first-order chi connectivity index (χ1) is 17.6. The molecule has 0 aliphatic carbocycles. The number of aromatic nitrogens is 4. The van der Waals surface area contributed by atoms with Gasteiger partial charge in [-0.1, -0.05) is 30.3 Å². The fourth-order valence-corrected chi connectivity index (χ4v) is 4.44. The van der Waals surface area contributed by atoms with E-state index in [0.717, 1.165) is 12.1 Å². The van der Waals surface area contributed by atoms with Gasteiger partial charge < -0.3 is 14.7 Å². The summed E-state index contributed by atoms with van der Waals surface area (Å²) in [6, 6.07) is 13.8. The minimum absolute atomic E-state index is 0.0321. The Bertz CT molecular complexity index is 1470. The molecule has 37 heavy (non-hydrogen) atoms. The zero-order chi connectivity index (χ0) is 26.2. The molecular formula is C25H22F3N5O4. The minimum atomic E-state index is -4.82. The molecule has 4 aromatic rings. The van der Waals surface area contributed by atoms with Crippen LogP contribution in [0.1, 0.15) is 23.2 Å². The number of rotatable bonds is 5. The predicted octanol–water partition coefficient (Wildman–Crippen LogP) is 3.35. The van der Waals surface area contributed by atoms with E-state index in [1.54, 1.807) is 0 Å². The van der Waals surface area contributed by atoms with E-state index < -0.39 is 17.7 Å². The molecule has 1 amide bonds. The minimum Gasteiger partial charge on any atom is -0.406 e. The molecule has 0 unspecified atom stereocenters. The lowest BCUT2D eigenvalue weighted by molar-refractivity contribution is -0.274. The second kappa shape index (κ2) is 9.36. The van der Waals surface area contributed by atoms with Gasteiger partial charge in [-0.3, -0.25) is 19.3 Å². The average molecular weight is 513 g/mol. The number of aromatic amines is 1. The fraction of sp³-hybridized carbons (Fsp3) is 0.280. The highest BCUT2D eigenvalue weighted by molar-refractivity contribution is 5.94. The number of fused-ring (bicyclic) bond motifs is 1. The molecule has 0 spiro atoms. The molecule has 1 fully saturated rings. The van der Waals surface area contributed by atoms with Gasteiger partial charge in [-0.2, -0.15) is 5.10 Å². The fourth-order valence-electron chi connectivity index (χ4n) is 4.44. The average Bonchev–Trinajstić information content (AvgIpc) is 3.35. The second-order valence-electron chi connectivity index (χ2n) is 8.91. The van der Waals surface area contributed by atoms with Crippen LogP contribution < -0.4 is 10.3 Å². The molecule has 2 N–H and O–H groups in total. The molecule has 1 aliphatic rings. The summed E-state index contributed by atoms with van der Waals surface area (Å²) in [6.07, 6.45) is -3.04. The molecule has 3 heterocycles. The zero-order valence-electron chi connectivity index (χ0n) is 19.4. The topological polar surface area (TPSA) is 113 Å². The number of likely N-dealkylation sites (tertiary alicyclic amines) is 1. The number of ether oxygens (including phenoxy) is 1. The van der Waals surface area contributed by atoms with Gasteiger partial charge in [0, 0.05) is 24.2 Å². The maximum Gasteiger partial charge on any atom is 0.573 e. The van der Waals surface area contributed by atoms with Gasteiger partial charge in [-0.25, -0.2) is 4.98 Å². The van der Waals surface area contributed by atoms with Crippen molar-refractivity contribution >= 4 is 16.9 Å². The van der Waals surface area contributed by atoms with Gasteiger partial charge in [0.05, 0.1) is 18.3 Å². The molecule has 0 radical (unpaired) electrons. The molecule has 2 aromatic carbocycles. The Balaban J connectivity index is 1.33. The highest BCUT2D eigenvalue weighted by Gasteiger charge is 2.36. The summed E-state index contributed by atoms with van der Waals surface area (Å²) in [7, 11) is 0. The lowest BCUT2D eigenvalue weighted by Crippen LogP contribution is -2.50. The Hall–Kier alpha value is -4.19. The molecule has 0 saturated carbocycles. The van der Waals surface area contributed by atoms with Crippen molar-refractivity contribution in [3.05, 3.63) is 76.7 Å². The van der Waals surface area contributed by atoms with E-state index >= 15 is 0 Å². The van der Waals surface area contributed by atoms with Crippen LogP contribution in [0.15, 0.2) is 65.6 Å². The van der Waals surface area contributed by atoms with Crippen LogP contribution in [0.3, 0.4) is 0 Å². The van der Waals surface area contributed by atoms with E-state index in [2.05, 4.69) is 19.9 Å². The van der Waals surface area contributed by atoms with Crippen molar-refractivity contribution < 1.29 is 27.8 Å². The number of piperidine rings is 1. The van der Waals surface area contributed by atoms with E-state index in [0.29, 0.717) is 22.4 Å². The second-order valence-corrected chi connectivity index (χ2v) is 8.91. The number of alkyl halides is 3. The summed E-state index contributed by atoms with van der Waals surface area (Å²) in [4.78, 5) is 32.2. The first-order valence-corrected chi connectivity index (χ1v) is 11.5. The van der Waals surface area contributed by atoms with Gasteiger partial charge in [0.15, 0.2) is 5.65 Å². The van der Waals surface area contributed by atoms with Crippen LogP contribution in [-0.2, 0) is 6.54 Å². The number of carbonyl (C=O) groups excluding carboxylic acids is 1. The van der Waals surface area contributed by atoms with Crippen molar-refractivity contribution in [1.82, 2.24) is 24.6 Å². The molecular weight excluding hydrogens is 491 g/mol. The highest BCUT2D eigenvalue weighted by Crippen LogP contribution is 2.28. The number of H-pyrrole nitrogens is 1. The van der Waals surface area contributed by atoms with Gasteiger partial charge in [-0.15, -0.1) is 13.2 Å². The van der Waals surface area contributed by atoms with E-state index in [1.165, 1.54) is 27.8 Å². The molecule has 2 aromatic heterocycles. The lowest BCUT2D eigenvalue weighted by Gasteiger charge is -2.38. The van der Waals surface area contributed by atoms with Crippen molar-refractivity contribution in [2.75, 3.05) is 13.1 Å². The molecule has 1 saturated heterocycles. The monoisotopic (exact) mass is 513 g/mol. The Kier molecular flexibility index (Phi) is 6.20. The number of nitrogens with zero attached hydrogens (tertiary/aromatic N) is 4. The molecule has 5 rings (SSSR count). The number of aliphatic hydroxyl groups is 1. The third kappa shape index (κ3) is 5.19. The third-order valence-electron chi connectivity index (χ3n) is 6.37. The van der Waals surface area contributed by atoms with Gasteiger partial charge >= 0.3 is 6.36 Å². The van der Waals surface area contributed by atoms with Gasteiger partial charge in [0.2, 0.25) is 0 Å². The zero-order valence-corrected chi connectivity index (χ0v) is 19.4. The SMILES string of the molecule is O=C(c1ccc(OC(F)(F)F)cc1)N1CCC(O)(Cn2c(-c3ccccc3)nc3[nH]ncc3c2=O)CC1. The summed E-state index contributed by atoms with van der Waals surface area (Å²) in [5.74, 6) is -0.403. The van der Waals surface area contributed by atoms with Crippen LogP contribution in [0, 0.1) is 0 Å². The quantitative estimate of drug-likeness (QED) is 0.423. The number of amides is 1. The van der Waals surface area contributed by atoms with E-state index in [-0.39, 0.29) is 49.5 Å². The van der Waals surface area contributed by atoms with Crippen molar-refractivity contribution in [1.29, 1.82) is 0 Å². The largest absolute Gasteiger partial charge is 0.573 e. The van der Waals surface area contributed by atoms with Crippen molar-refractivity contribution in [3.8, 4) is 17.1 Å². The number of nitrogens with one attached hydrogen (secondary N) is 1.